The number of hydrogen-bond acceptors (Lipinski definition) is 8. The summed E-state index contributed by atoms with van der Waals surface area (Å²) < 4.78 is 26.8. The highest BCUT2D eigenvalue weighted by Crippen LogP contribution is 2.38. The normalized spacial score (nSPS) is 10.8. The first-order valence-corrected chi connectivity index (χ1v) is 10.4. The molecule has 0 unspecified atom stereocenters. The second-order valence-corrected chi connectivity index (χ2v) is 7.44. The molecule has 0 radical (unpaired) electrons. The van der Waals surface area contributed by atoms with Crippen molar-refractivity contribution >= 4 is 18.1 Å². The van der Waals surface area contributed by atoms with E-state index in [0.717, 1.165) is 6.42 Å². The SMILES string of the molecule is COc1cc(C(=O)N/N=C/c2cc(OC)c(OC(C)=O)c(OC)c2)ccc1OCCC(C)C. The first-order valence-electron chi connectivity index (χ1n) is 10.4. The van der Waals surface area contributed by atoms with Gasteiger partial charge in [0.2, 0.25) is 5.75 Å². The molecule has 0 atom stereocenters. The van der Waals surface area contributed by atoms with E-state index in [9.17, 15) is 9.59 Å². The van der Waals surface area contributed by atoms with E-state index in [-0.39, 0.29) is 17.2 Å². The molecular formula is C24H30N2O7. The lowest BCUT2D eigenvalue weighted by Crippen LogP contribution is -2.17. The lowest BCUT2D eigenvalue weighted by molar-refractivity contribution is -0.132. The van der Waals surface area contributed by atoms with Gasteiger partial charge in [-0.1, -0.05) is 13.8 Å². The van der Waals surface area contributed by atoms with Gasteiger partial charge in [-0.15, -0.1) is 0 Å². The summed E-state index contributed by atoms with van der Waals surface area (Å²) in [5.41, 5.74) is 3.39. The zero-order chi connectivity index (χ0) is 24.4. The van der Waals surface area contributed by atoms with Crippen LogP contribution in [0, 0.1) is 5.92 Å². The summed E-state index contributed by atoms with van der Waals surface area (Å²) in [5, 5.41) is 3.99. The van der Waals surface area contributed by atoms with Crippen LogP contribution in [0.1, 0.15) is 43.1 Å². The van der Waals surface area contributed by atoms with E-state index in [2.05, 4.69) is 24.4 Å². The third-order valence-electron chi connectivity index (χ3n) is 4.49. The smallest absolute Gasteiger partial charge is 0.308 e. The van der Waals surface area contributed by atoms with Crippen LogP contribution in [-0.4, -0.2) is 46.0 Å². The van der Waals surface area contributed by atoms with Gasteiger partial charge in [0.05, 0.1) is 34.2 Å². The zero-order valence-corrected chi connectivity index (χ0v) is 19.8. The van der Waals surface area contributed by atoms with Crippen molar-refractivity contribution in [2.24, 2.45) is 11.0 Å². The Morgan fingerprint density at radius 2 is 1.61 bits per heavy atom. The zero-order valence-electron chi connectivity index (χ0n) is 19.8. The molecule has 2 aromatic rings. The number of hydrogen-bond donors (Lipinski definition) is 1. The number of carbonyl (C=O) groups is 2. The number of nitrogens with zero attached hydrogens (tertiary/aromatic N) is 1. The third kappa shape index (κ3) is 7.41. The molecule has 178 valence electrons. The van der Waals surface area contributed by atoms with Crippen molar-refractivity contribution in [1.29, 1.82) is 0 Å². The number of ether oxygens (including phenoxy) is 5. The number of carbonyl (C=O) groups excluding carboxylic acids is 2. The van der Waals surface area contributed by atoms with Gasteiger partial charge in [0.1, 0.15) is 0 Å². The van der Waals surface area contributed by atoms with Crippen molar-refractivity contribution in [3.63, 3.8) is 0 Å². The summed E-state index contributed by atoms with van der Waals surface area (Å²) in [6.07, 6.45) is 2.33. The van der Waals surface area contributed by atoms with E-state index >= 15 is 0 Å². The first kappa shape index (κ1) is 25.5. The van der Waals surface area contributed by atoms with Crippen LogP contribution in [0.4, 0.5) is 0 Å². The summed E-state index contributed by atoms with van der Waals surface area (Å²) in [6.45, 7) is 6.08. The number of benzene rings is 2. The Morgan fingerprint density at radius 1 is 0.970 bits per heavy atom. The Morgan fingerprint density at radius 3 is 2.15 bits per heavy atom. The number of rotatable bonds is 11. The maximum absolute atomic E-state index is 12.5. The fraction of sp³-hybridized carbons (Fsp3) is 0.375. The highest BCUT2D eigenvalue weighted by Gasteiger charge is 2.16. The summed E-state index contributed by atoms with van der Waals surface area (Å²) >= 11 is 0. The molecule has 0 aliphatic rings. The van der Waals surface area contributed by atoms with E-state index in [4.69, 9.17) is 23.7 Å². The monoisotopic (exact) mass is 458 g/mol. The topological polar surface area (TPSA) is 105 Å². The highest BCUT2D eigenvalue weighted by molar-refractivity contribution is 5.95. The number of methoxy groups -OCH3 is 3. The lowest BCUT2D eigenvalue weighted by Gasteiger charge is -2.13. The summed E-state index contributed by atoms with van der Waals surface area (Å²) in [4.78, 5) is 23.8. The van der Waals surface area contributed by atoms with E-state index in [0.29, 0.717) is 35.2 Å². The minimum atomic E-state index is -0.507. The Hall–Kier alpha value is -3.75. The van der Waals surface area contributed by atoms with Crippen LogP contribution in [0.2, 0.25) is 0 Å². The van der Waals surface area contributed by atoms with Gasteiger partial charge < -0.3 is 23.7 Å². The van der Waals surface area contributed by atoms with Gasteiger partial charge in [-0.3, -0.25) is 9.59 Å². The van der Waals surface area contributed by atoms with Crippen LogP contribution in [0.25, 0.3) is 0 Å². The fourth-order valence-corrected chi connectivity index (χ4v) is 2.78. The van der Waals surface area contributed by atoms with Crippen LogP contribution in [0.15, 0.2) is 35.4 Å². The Balaban J connectivity index is 2.12. The van der Waals surface area contributed by atoms with Crippen LogP contribution >= 0.6 is 0 Å². The van der Waals surface area contributed by atoms with Gasteiger partial charge >= 0.3 is 5.97 Å². The minimum Gasteiger partial charge on any atom is -0.493 e. The van der Waals surface area contributed by atoms with Gasteiger partial charge in [0.15, 0.2) is 23.0 Å². The molecule has 9 heteroatoms. The van der Waals surface area contributed by atoms with Gasteiger partial charge in [-0.05, 0) is 42.7 Å². The molecule has 2 rings (SSSR count). The second-order valence-electron chi connectivity index (χ2n) is 7.44. The molecule has 0 aliphatic heterocycles. The number of amides is 1. The average Bonchev–Trinajstić information content (AvgIpc) is 2.79. The summed E-state index contributed by atoms with van der Waals surface area (Å²) in [7, 11) is 4.40. The van der Waals surface area contributed by atoms with Gasteiger partial charge in [-0.2, -0.15) is 5.10 Å². The Bertz CT molecular complexity index is 977. The van der Waals surface area contributed by atoms with Gasteiger partial charge in [-0.25, -0.2) is 5.43 Å². The van der Waals surface area contributed by atoms with E-state index in [1.165, 1.54) is 34.5 Å². The van der Waals surface area contributed by atoms with Crippen LogP contribution in [-0.2, 0) is 4.79 Å². The quantitative estimate of drug-likeness (QED) is 0.236. The van der Waals surface area contributed by atoms with Gasteiger partial charge in [0.25, 0.3) is 5.91 Å². The molecule has 9 nitrogen and oxygen atoms in total. The molecule has 2 aromatic carbocycles. The predicted octanol–water partition coefficient (Wildman–Crippen LogP) is 3.83. The first-order chi connectivity index (χ1) is 15.8. The van der Waals surface area contributed by atoms with Crippen LogP contribution < -0.4 is 29.1 Å². The molecule has 0 fully saturated rings. The lowest BCUT2D eigenvalue weighted by atomic mass is 10.1. The maximum atomic E-state index is 12.5. The molecule has 1 N–H and O–H groups in total. The highest BCUT2D eigenvalue weighted by atomic mass is 16.6. The van der Waals surface area contributed by atoms with Crippen molar-refractivity contribution in [2.45, 2.75) is 27.2 Å². The molecule has 33 heavy (non-hydrogen) atoms. The maximum Gasteiger partial charge on any atom is 0.308 e. The number of hydrazone groups is 1. The van der Waals surface area contributed by atoms with Crippen molar-refractivity contribution in [2.75, 3.05) is 27.9 Å². The summed E-state index contributed by atoms with van der Waals surface area (Å²) in [6, 6.07) is 8.13. The molecule has 1 amide bonds. The molecule has 0 bridgehead atoms. The Kier molecular flexibility index (Phi) is 9.53. The second kappa shape index (κ2) is 12.3. The average molecular weight is 459 g/mol. The molecule has 0 heterocycles. The van der Waals surface area contributed by atoms with Crippen molar-refractivity contribution in [1.82, 2.24) is 5.43 Å². The van der Waals surface area contributed by atoms with Crippen LogP contribution in [0.5, 0.6) is 28.7 Å². The third-order valence-corrected chi connectivity index (χ3v) is 4.49. The molecular weight excluding hydrogens is 428 g/mol. The molecule has 0 spiro atoms. The number of nitrogens with one attached hydrogen (secondary N) is 1. The molecule has 0 aliphatic carbocycles. The summed E-state index contributed by atoms with van der Waals surface area (Å²) in [5.74, 6) is 1.37. The van der Waals surface area contributed by atoms with E-state index in [1.807, 2.05) is 0 Å². The van der Waals surface area contributed by atoms with Crippen molar-refractivity contribution in [3.8, 4) is 28.7 Å². The van der Waals surface area contributed by atoms with Gasteiger partial charge in [0, 0.05) is 18.1 Å². The minimum absolute atomic E-state index is 0.163. The standard InChI is InChI=1S/C24H30N2O7/c1-15(2)9-10-32-19-8-7-18(13-20(19)29-4)24(28)26-25-14-17-11-21(30-5)23(33-16(3)27)22(12-17)31-6/h7-8,11-15H,9-10H2,1-6H3,(H,26,28)/b25-14+. The Labute approximate surface area is 193 Å². The largest absolute Gasteiger partial charge is 0.493 e. The molecule has 0 saturated carbocycles. The fourth-order valence-electron chi connectivity index (χ4n) is 2.78. The van der Waals surface area contributed by atoms with Crippen molar-refractivity contribution in [3.05, 3.63) is 41.5 Å². The van der Waals surface area contributed by atoms with Crippen LogP contribution in [0.3, 0.4) is 0 Å². The van der Waals surface area contributed by atoms with Crippen molar-refractivity contribution < 1.29 is 33.3 Å². The predicted molar refractivity (Wildman–Crippen MR) is 124 cm³/mol. The number of esters is 1. The van der Waals surface area contributed by atoms with E-state index < -0.39 is 11.9 Å². The molecule has 0 saturated heterocycles. The molecule has 0 aromatic heterocycles. The van der Waals surface area contributed by atoms with E-state index in [1.54, 1.807) is 30.3 Å².